The molecule has 0 aliphatic carbocycles. The average Bonchev–Trinajstić information content (AvgIpc) is 3.26. The van der Waals surface area contributed by atoms with Crippen molar-refractivity contribution in [3.8, 4) is 28.6 Å². The van der Waals surface area contributed by atoms with Gasteiger partial charge in [-0.3, -0.25) is 9.78 Å². The van der Waals surface area contributed by atoms with Crippen LogP contribution in [0.2, 0.25) is 0 Å². The van der Waals surface area contributed by atoms with Gasteiger partial charge in [-0.05, 0) is 37.2 Å². The first kappa shape index (κ1) is 17.8. The molecule has 7 nitrogen and oxygen atoms in total. The Bertz CT molecular complexity index is 1210. The molecule has 4 aromatic rings. The Kier molecular flexibility index (Phi) is 4.37. The molecule has 0 spiro atoms. The summed E-state index contributed by atoms with van der Waals surface area (Å²) in [4.78, 5) is 4.65. The van der Waals surface area contributed by atoms with Crippen molar-refractivity contribution in [3.63, 3.8) is 0 Å². The highest BCUT2D eigenvalue weighted by Crippen LogP contribution is 2.33. The van der Waals surface area contributed by atoms with Gasteiger partial charge in [-0.15, -0.1) is 0 Å². The Hall–Kier alpha value is -3.57. The van der Waals surface area contributed by atoms with E-state index in [0.29, 0.717) is 34.5 Å². The van der Waals surface area contributed by atoms with Crippen molar-refractivity contribution < 1.29 is 4.39 Å². The number of rotatable bonds is 4. The third-order valence-electron chi connectivity index (χ3n) is 4.60. The zero-order valence-corrected chi connectivity index (χ0v) is 15.7. The fraction of sp³-hybridized carbons (Fsp3) is 0.200. The monoisotopic (exact) mass is 375 g/mol. The Morgan fingerprint density at radius 1 is 1.29 bits per heavy atom. The van der Waals surface area contributed by atoms with Crippen LogP contribution in [0.5, 0.6) is 0 Å². The van der Waals surface area contributed by atoms with Crippen LogP contribution in [0.4, 0.5) is 4.39 Å². The van der Waals surface area contributed by atoms with Crippen LogP contribution in [-0.4, -0.2) is 32.0 Å². The number of hydrogen-bond acceptors (Lipinski definition) is 5. The first-order valence-corrected chi connectivity index (χ1v) is 8.74. The lowest BCUT2D eigenvalue weighted by Gasteiger charge is -2.11. The van der Waals surface area contributed by atoms with E-state index in [0.717, 1.165) is 16.7 Å². The zero-order chi connectivity index (χ0) is 19.8. The van der Waals surface area contributed by atoms with E-state index in [4.69, 9.17) is 0 Å². The second-order valence-electron chi connectivity index (χ2n) is 6.67. The molecule has 0 atom stereocenters. The van der Waals surface area contributed by atoms with Crippen molar-refractivity contribution >= 4 is 11.0 Å². The van der Waals surface area contributed by atoms with E-state index in [1.165, 1.54) is 6.07 Å². The Morgan fingerprint density at radius 3 is 2.75 bits per heavy atom. The lowest BCUT2D eigenvalue weighted by atomic mass is 9.98. The SMILES string of the molecule is CNCc1cc(C)c(-c2nc3c(-c4cnn(C)c4)n[nH]c3cc2C#N)c(F)c1. The zero-order valence-electron chi connectivity index (χ0n) is 15.7. The van der Waals surface area contributed by atoms with Crippen LogP contribution < -0.4 is 5.32 Å². The number of benzene rings is 1. The van der Waals surface area contributed by atoms with Crippen molar-refractivity contribution in [3.05, 3.63) is 53.1 Å². The van der Waals surface area contributed by atoms with Crippen molar-refractivity contribution in [1.82, 2.24) is 30.3 Å². The minimum Gasteiger partial charge on any atom is -0.316 e. The smallest absolute Gasteiger partial charge is 0.133 e. The maximum atomic E-state index is 15.0. The highest BCUT2D eigenvalue weighted by Gasteiger charge is 2.20. The maximum Gasteiger partial charge on any atom is 0.133 e. The van der Waals surface area contributed by atoms with E-state index in [9.17, 15) is 9.65 Å². The Labute approximate surface area is 160 Å². The molecule has 0 saturated carbocycles. The van der Waals surface area contributed by atoms with Gasteiger partial charge in [0.15, 0.2) is 0 Å². The predicted molar refractivity (Wildman–Crippen MR) is 104 cm³/mol. The quantitative estimate of drug-likeness (QED) is 0.572. The topological polar surface area (TPSA) is 95.2 Å². The van der Waals surface area contributed by atoms with Gasteiger partial charge in [0.25, 0.3) is 0 Å². The van der Waals surface area contributed by atoms with Crippen molar-refractivity contribution in [2.24, 2.45) is 7.05 Å². The summed E-state index contributed by atoms with van der Waals surface area (Å²) in [6.07, 6.45) is 3.51. The summed E-state index contributed by atoms with van der Waals surface area (Å²) in [6.45, 7) is 2.38. The van der Waals surface area contributed by atoms with Gasteiger partial charge in [0, 0.05) is 30.9 Å². The molecule has 0 aliphatic rings. The Morgan fingerprint density at radius 2 is 2.11 bits per heavy atom. The normalized spacial score (nSPS) is 11.1. The number of pyridine rings is 1. The first-order chi connectivity index (χ1) is 13.5. The molecule has 0 fully saturated rings. The molecule has 4 rings (SSSR count). The van der Waals surface area contributed by atoms with E-state index in [2.05, 4.69) is 31.7 Å². The highest BCUT2D eigenvalue weighted by molar-refractivity contribution is 5.92. The molecule has 0 bridgehead atoms. The number of nitrogens with one attached hydrogen (secondary N) is 2. The number of fused-ring (bicyclic) bond motifs is 1. The predicted octanol–water partition coefficient (Wildman–Crippen LogP) is 3.06. The number of nitriles is 1. The van der Waals surface area contributed by atoms with Gasteiger partial charge in [0.05, 0.1) is 23.0 Å². The summed E-state index contributed by atoms with van der Waals surface area (Å²) >= 11 is 0. The van der Waals surface area contributed by atoms with Crippen LogP contribution in [0.3, 0.4) is 0 Å². The number of aromatic nitrogens is 5. The largest absolute Gasteiger partial charge is 0.316 e. The lowest BCUT2D eigenvalue weighted by Crippen LogP contribution is -2.06. The van der Waals surface area contributed by atoms with E-state index in [1.54, 1.807) is 16.9 Å². The Balaban J connectivity index is 1.95. The third kappa shape index (κ3) is 2.92. The molecular weight excluding hydrogens is 357 g/mol. The number of halogens is 1. The van der Waals surface area contributed by atoms with E-state index in [-0.39, 0.29) is 5.56 Å². The standard InChI is InChI=1S/C20H18FN7/c1-11-4-12(8-23-2)5-15(21)17(11)18-13(7-22)6-16-20(25-18)19(27-26-16)14-9-24-28(3)10-14/h4-6,9-10,23H,8H2,1-3H3,(H,26,27). The maximum absolute atomic E-state index is 15.0. The number of aromatic amines is 1. The van der Waals surface area contributed by atoms with Crippen LogP contribution in [0.1, 0.15) is 16.7 Å². The van der Waals surface area contributed by atoms with Crippen molar-refractivity contribution in [2.45, 2.75) is 13.5 Å². The summed E-state index contributed by atoms with van der Waals surface area (Å²) in [6, 6.07) is 7.16. The third-order valence-corrected chi connectivity index (χ3v) is 4.60. The molecule has 8 heteroatoms. The van der Waals surface area contributed by atoms with Crippen LogP contribution in [0, 0.1) is 24.1 Å². The van der Waals surface area contributed by atoms with Crippen LogP contribution in [0.15, 0.2) is 30.6 Å². The van der Waals surface area contributed by atoms with Crippen LogP contribution in [-0.2, 0) is 13.6 Å². The van der Waals surface area contributed by atoms with Crippen LogP contribution >= 0.6 is 0 Å². The summed E-state index contributed by atoms with van der Waals surface area (Å²) in [5, 5.41) is 24.0. The first-order valence-electron chi connectivity index (χ1n) is 8.74. The molecular formula is C20H18FN7. The summed E-state index contributed by atoms with van der Waals surface area (Å²) in [5.41, 5.74) is 5.07. The van der Waals surface area contributed by atoms with Crippen LogP contribution in [0.25, 0.3) is 33.5 Å². The fourth-order valence-corrected chi connectivity index (χ4v) is 3.39. The van der Waals surface area contributed by atoms with Gasteiger partial charge in [-0.25, -0.2) is 9.37 Å². The molecule has 0 unspecified atom stereocenters. The molecule has 140 valence electrons. The fourth-order valence-electron chi connectivity index (χ4n) is 3.39. The number of nitrogens with zero attached hydrogens (tertiary/aromatic N) is 5. The van der Waals surface area contributed by atoms with Gasteiger partial charge < -0.3 is 5.32 Å². The van der Waals surface area contributed by atoms with Gasteiger partial charge in [-0.2, -0.15) is 15.5 Å². The van der Waals surface area contributed by atoms with Crippen molar-refractivity contribution in [1.29, 1.82) is 5.26 Å². The second-order valence-corrected chi connectivity index (χ2v) is 6.67. The minimum absolute atomic E-state index is 0.289. The average molecular weight is 375 g/mol. The second kappa shape index (κ2) is 6.87. The number of H-pyrrole nitrogens is 1. The number of hydrogen-bond donors (Lipinski definition) is 2. The molecule has 3 aromatic heterocycles. The molecule has 1 aromatic carbocycles. The molecule has 2 N–H and O–H groups in total. The molecule has 0 radical (unpaired) electrons. The van der Waals surface area contributed by atoms with Gasteiger partial charge in [-0.1, -0.05) is 6.07 Å². The van der Waals surface area contributed by atoms with Gasteiger partial charge in [0.2, 0.25) is 0 Å². The molecule has 28 heavy (non-hydrogen) atoms. The van der Waals surface area contributed by atoms with Crippen molar-refractivity contribution in [2.75, 3.05) is 7.05 Å². The minimum atomic E-state index is -0.403. The van der Waals surface area contributed by atoms with E-state index >= 15 is 0 Å². The van der Waals surface area contributed by atoms with E-state index in [1.807, 2.05) is 33.3 Å². The highest BCUT2D eigenvalue weighted by atomic mass is 19.1. The summed E-state index contributed by atoms with van der Waals surface area (Å²) in [5.74, 6) is -0.403. The van der Waals surface area contributed by atoms with Gasteiger partial charge >= 0.3 is 0 Å². The summed E-state index contributed by atoms with van der Waals surface area (Å²) < 4.78 is 16.6. The molecule has 0 amide bonds. The molecule has 3 heterocycles. The molecule has 0 saturated heterocycles. The van der Waals surface area contributed by atoms with E-state index < -0.39 is 5.82 Å². The lowest BCUT2D eigenvalue weighted by molar-refractivity contribution is 0.625. The van der Waals surface area contributed by atoms with Gasteiger partial charge in [0.1, 0.15) is 23.1 Å². The number of aryl methyl sites for hydroxylation is 2. The molecule has 0 aliphatic heterocycles. The summed E-state index contributed by atoms with van der Waals surface area (Å²) in [7, 11) is 3.62.